The second kappa shape index (κ2) is 7.94. The van der Waals surface area contributed by atoms with Crippen LogP contribution in [0.1, 0.15) is 17.3 Å². The lowest BCUT2D eigenvalue weighted by Gasteiger charge is -2.38. The van der Waals surface area contributed by atoms with Crippen molar-refractivity contribution in [3.8, 4) is 11.4 Å². The molecule has 1 aromatic carbocycles. The van der Waals surface area contributed by atoms with E-state index in [1.807, 2.05) is 30.3 Å². The average molecular weight is 368 g/mol. The van der Waals surface area contributed by atoms with Gasteiger partial charge in [0, 0.05) is 31.0 Å². The predicted molar refractivity (Wildman–Crippen MR) is 96.6 cm³/mol. The van der Waals surface area contributed by atoms with Crippen LogP contribution in [0, 0.1) is 0 Å². The van der Waals surface area contributed by atoms with E-state index in [1.54, 1.807) is 6.92 Å². The predicted octanol–water partition coefficient (Wildman–Crippen LogP) is 0.989. The average Bonchev–Trinajstić information content (AvgIpc) is 2.72. The zero-order valence-electron chi connectivity index (χ0n) is 15.2. The van der Waals surface area contributed by atoms with Crippen LogP contribution in [-0.2, 0) is 14.3 Å². The Balaban J connectivity index is 1.71. The molecular formula is C19H20N4O4. The van der Waals surface area contributed by atoms with Crippen molar-refractivity contribution in [2.24, 2.45) is 0 Å². The second-order valence-corrected chi connectivity index (χ2v) is 6.17. The Morgan fingerprint density at radius 1 is 1.15 bits per heavy atom. The summed E-state index contributed by atoms with van der Waals surface area (Å²) in [5.41, 5.74) is 1.17. The van der Waals surface area contributed by atoms with Crippen molar-refractivity contribution >= 4 is 17.8 Å². The van der Waals surface area contributed by atoms with Crippen molar-refractivity contribution < 1.29 is 19.1 Å². The quantitative estimate of drug-likeness (QED) is 0.747. The van der Waals surface area contributed by atoms with Gasteiger partial charge in [0.2, 0.25) is 5.91 Å². The maximum atomic E-state index is 12.8. The summed E-state index contributed by atoms with van der Waals surface area (Å²) in [7, 11) is 1.27. The number of carbonyl (C=O) groups is 3. The first-order valence-electron chi connectivity index (χ1n) is 8.55. The van der Waals surface area contributed by atoms with Crippen LogP contribution < -0.4 is 0 Å². The highest BCUT2D eigenvalue weighted by molar-refractivity contribution is 5.98. The Hall–Kier alpha value is -3.29. The van der Waals surface area contributed by atoms with Gasteiger partial charge in [0.25, 0.3) is 5.91 Å². The van der Waals surface area contributed by atoms with E-state index in [-0.39, 0.29) is 24.9 Å². The van der Waals surface area contributed by atoms with Crippen LogP contribution in [0.4, 0.5) is 0 Å². The minimum atomic E-state index is -0.676. The van der Waals surface area contributed by atoms with Crippen molar-refractivity contribution in [1.82, 2.24) is 19.8 Å². The van der Waals surface area contributed by atoms with Crippen LogP contribution in [0.3, 0.4) is 0 Å². The van der Waals surface area contributed by atoms with E-state index in [4.69, 9.17) is 0 Å². The number of piperazine rings is 1. The molecule has 0 bridgehead atoms. The van der Waals surface area contributed by atoms with Crippen LogP contribution in [0.5, 0.6) is 0 Å². The Bertz CT molecular complexity index is 839. The molecule has 2 aromatic rings. The topological polar surface area (TPSA) is 92.7 Å². The van der Waals surface area contributed by atoms with Gasteiger partial charge in [-0.15, -0.1) is 0 Å². The standard InChI is InChI=1S/C19H20N4O4/c1-13-18(25)22(12-16(24)27-2)8-9-23(13)19(26)15-10-20-17(21-11-15)14-6-4-3-5-7-14/h3-7,10-11,13H,8-9,12H2,1-2H3/t13-/m0/s1. The summed E-state index contributed by atoms with van der Waals surface area (Å²) in [4.78, 5) is 48.0. The highest BCUT2D eigenvalue weighted by Gasteiger charge is 2.35. The van der Waals surface area contributed by atoms with Gasteiger partial charge >= 0.3 is 5.97 Å². The van der Waals surface area contributed by atoms with Gasteiger partial charge in [0.1, 0.15) is 12.6 Å². The number of ether oxygens (including phenoxy) is 1. The summed E-state index contributed by atoms with van der Waals surface area (Å²) in [5, 5.41) is 0. The fourth-order valence-electron chi connectivity index (χ4n) is 2.93. The minimum Gasteiger partial charge on any atom is -0.468 e. The number of carbonyl (C=O) groups excluding carboxylic acids is 3. The summed E-state index contributed by atoms with van der Waals surface area (Å²) in [5.74, 6) is -0.561. The smallest absolute Gasteiger partial charge is 0.325 e. The van der Waals surface area contributed by atoms with Gasteiger partial charge in [-0.2, -0.15) is 0 Å². The van der Waals surface area contributed by atoms with E-state index in [2.05, 4.69) is 14.7 Å². The van der Waals surface area contributed by atoms with Crippen LogP contribution in [0.15, 0.2) is 42.7 Å². The Kier molecular flexibility index (Phi) is 5.44. The Morgan fingerprint density at radius 3 is 2.44 bits per heavy atom. The van der Waals surface area contributed by atoms with E-state index >= 15 is 0 Å². The molecule has 1 fully saturated rings. The van der Waals surface area contributed by atoms with Crippen molar-refractivity contribution in [3.05, 3.63) is 48.3 Å². The number of benzene rings is 1. The van der Waals surface area contributed by atoms with Gasteiger partial charge in [-0.1, -0.05) is 30.3 Å². The summed E-state index contributed by atoms with van der Waals surface area (Å²) in [6, 6.07) is 8.78. The van der Waals surface area contributed by atoms with Crippen molar-refractivity contribution in [2.75, 3.05) is 26.7 Å². The van der Waals surface area contributed by atoms with E-state index in [0.29, 0.717) is 17.9 Å². The number of hydrogen-bond donors (Lipinski definition) is 0. The molecule has 1 aliphatic rings. The molecule has 8 nitrogen and oxygen atoms in total. The highest BCUT2D eigenvalue weighted by atomic mass is 16.5. The molecule has 0 aliphatic carbocycles. The van der Waals surface area contributed by atoms with E-state index in [9.17, 15) is 14.4 Å². The minimum absolute atomic E-state index is 0.114. The number of nitrogens with zero attached hydrogens (tertiary/aromatic N) is 4. The van der Waals surface area contributed by atoms with Crippen molar-refractivity contribution in [1.29, 1.82) is 0 Å². The molecule has 0 spiro atoms. The number of esters is 1. The molecule has 1 saturated heterocycles. The van der Waals surface area contributed by atoms with Crippen LogP contribution >= 0.6 is 0 Å². The maximum absolute atomic E-state index is 12.8. The molecule has 2 amide bonds. The molecule has 8 heteroatoms. The third kappa shape index (κ3) is 3.94. The van der Waals surface area contributed by atoms with E-state index in [1.165, 1.54) is 29.3 Å². The first kappa shape index (κ1) is 18.5. The van der Waals surface area contributed by atoms with Crippen LogP contribution in [0.25, 0.3) is 11.4 Å². The molecule has 1 atom stereocenters. The fourth-order valence-corrected chi connectivity index (χ4v) is 2.93. The molecule has 0 saturated carbocycles. The van der Waals surface area contributed by atoms with E-state index in [0.717, 1.165) is 5.56 Å². The van der Waals surface area contributed by atoms with Gasteiger partial charge in [0.15, 0.2) is 5.82 Å². The van der Waals surface area contributed by atoms with Crippen molar-refractivity contribution in [2.45, 2.75) is 13.0 Å². The van der Waals surface area contributed by atoms with Gasteiger partial charge < -0.3 is 14.5 Å². The molecular weight excluding hydrogens is 348 g/mol. The summed E-state index contributed by atoms with van der Waals surface area (Å²) in [6.45, 7) is 2.12. The SMILES string of the molecule is COC(=O)CN1CCN(C(=O)c2cnc(-c3ccccc3)nc2)[C@@H](C)C1=O. The number of rotatable bonds is 4. The Morgan fingerprint density at radius 2 is 1.81 bits per heavy atom. The zero-order chi connectivity index (χ0) is 19.4. The maximum Gasteiger partial charge on any atom is 0.325 e. The zero-order valence-corrected chi connectivity index (χ0v) is 15.2. The van der Waals surface area contributed by atoms with Gasteiger partial charge in [-0.05, 0) is 6.92 Å². The normalized spacial score (nSPS) is 17.0. The third-order valence-corrected chi connectivity index (χ3v) is 4.49. The summed E-state index contributed by atoms with van der Waals surface area (Å²) < 4.78 is 4.60. The molecule has 27 heavy (non-hydrogen) atoms. The highest BCUT2D eigenvalue weighted by Crippen LogP contribution is 2.17. The second-order valence-electron chi connectivity index (χ2n) is 6.17. The van der Waals surface area contributed by atoms with Gasteiger partial charge in [0.05, 0.1) is 12.7 Å². The van der Waals surface area contributed by atoms with Gasteiger partial charge in [-0.3, -0.25) is 14.4 Å². The van der Waals surface area contributed by atoms with Gasteiger partial charge in [-0.25, -0.2) is 9.97 Å². The number of methoxy groups -OCH3 is 1. The number of hydrogen-bond acceptors (Lipinski definition) is 6. The Labute approximate surface area is 156 Å². The summed E-state index contributed by atoms with van der Waals surface area (Å²) >= 11 is 0. The monoisotopic (exact) mass is 368 g/mol. The number of aromatic nitrogens is 2. The molecule has 1 aliphatic heterocycles. The fraction of sp³-hybridized carbons (Fsp3) is 0.316. The summed E-state index contributed by atoms with van der Waals surface area (Å²) in [6.07, 6.45) is 2.94. The van der Waals surface area contributed by atoms with Crippen LogP contribution in [0.2, 0.25) is 0 Å². The van der Waals surface area contributed by atoms with Crippen LogP contribution in [-0.4, -0.2) is 70.3 Å². The molecule has 0 unspecified atom stereocenters. The molecule has 2 heterocycles. The lowest BCUT2D eigenvalue weighted by molar-refractivity contribution is -0.150. The largest absolute Gasteiger partial charge is 0.468 e. The first-order valence-corrected chi connectivity index (χ1v) is 8.55. The van der Waals surface area contributed by atoms with E-state index < -0.39 is 12.0 Å². The third-order valence-electron chi connectivity index (χ3n) is 4.49. The number of amides is 2. The van der Waals surface area contributed by atoms with Crippen molar-refractivity contribution in [3.63, 3.8) is 0 Å². The lowest BCUT2D eigenvalue weighted by Crippen LogP contribution is -2.58. The molecule has 140 valence electrons. The lowest BCUT2D eigenvalue weighted by atomic mass is 10.1. The molecule has 3 rings (SSSR count). The molecule has 1 aromatic heterocycles. The first-order chi connectivity index (χ1) is 13.0. The molecule has 0 N–H and O–H groups in total. The molecule has 0 radical (unpaired) electrons.